The lowest BCUT2D eigenvalue weighted by molar-refractivity contribution is 1.48. The predicted octanol–water partition coefficient (Wildman–Crippen LogP) is 15.3. The van der Waals surface area contributed by atoms with Crippen molar-refractivity contribution < 1.29 is 0 Å². The summed E-state index contributed by atoms with van der Waals surface area (Å²) in [7, 11) is 0. The van der Waals surface area contributed by atoms with E-state index in [0.717, 1.165) is 32.2 Å². The summed E-state index contributed by atoms with van der Waals surface area (Å²) in [5, 5.41) is 14.7. The number of nitrogens with zero attached hydrogens (tertiary/aromatic N) is 2. The number of thiazole rings is 2. The molecule has 4 heteroatoms. The second kappa shape index (κ2) is 12.4. The van der Waals surface area contributed by atoms with Crippen molar-refractivity contribution in [3.8, 4) is 43.4 Å². The van der Waals surface area contributed by atoms with E-state index < -0.39 is 0 Å². The van der Waals surface area contributed by atoms with Gasteiger partial charge in [0.15, 0.2) is 0 Å². The molecule has 0 fully saturated rings. The molecule has 0 saturated carbocycles. The highest BCUT2D eigenvalue weighted by Crippen LogP contribution is 2.39. The van der Waals surface area contributed by atoms with E-state index in [9.17, 15) is 0 Å². The standard InChI is InChI=1S/C52H30N2S2/c1-3-7-43-33(5-1)13-19-39-25-37(21-23-45(39)43)31-9-15-35(16-10-31)51-53-47-27-41-30-50-48(28-42(41)29-49(47)55-51)54-52(56-50)36-17-11-32(12-18-36)38-22-24-46-40(26-38)20-14-34-6-2-4-8-44(34)46/h1-30H. The van der Waals surface area contributed by atoms with Gasteiger partial charge >= 0.3 is 0 Å². The van der Waals surface area contributed by atoms with Crippen LogP contribution in [0.3, 0.4) is 0 Å². The van der Waals surface area contributed by atoms with E-state index in [1.165, 1.54) is 85.5 Å². The van der Waals surface area contributed by atoms with E-state index in [-0.39, 0.29) is 0 Å². The van der Waals surface area contributed by atoms with Gasteiger partial charge in [0.2, 0.25) is 0 Å². The fourth-order valence-electron chi connectivity index (χ4n) is 8.34. The van der Waals surface area contributed by atoms with Crippen molar-refractivity contribution in [3.63, 3.8) is 0 Å². The Balaban J connectivity index is 0.815. The quantitative estimate of drug-likeness (QED) is 0.168. The van der Waals surface area contributed by atoms with Crippen LogP contribution in [0.1, 0.15) is 0 Å². The van der Waals surface area contributed by atoms with Crippen molar-refractivity contribution >= 4 is 97.0 Å². The first-order chi connectivity index (χ1) is 27.7. The van der Waals surface area contributed by atoms with E-state index in [0.29, 0.717) is 0 Å². The molecule has 0 radical (unpaired) electrons. The highest BCUT2D eigenvalue weighted by Gasteiger charge is 2.13. The van der Waals surface area contributed by atoms with Gasteiger partial charge in [-0.25, -0.2) is 9.97 Å². The van der Waals surface area contributed by atoms with E-state index >= 15 is 0 Å². The topological polar surface area (TPSA) is 25.8 Å². The Labute approximate surface area is 330 Å². The van der Waals surface area contributed by atoms with Crippen LogP contribution >= 0.6 is 22.7 Å². The average molecular weight is 747 g/mol. The highest BCUT2D eigenvalue weighted by molar-refractivity contribution is 7.22. The van der Waals surface area contributed by atoms with Crippen LogP contribution in [0.25, 0.3) is 118 Å². The van der Waals surface area contributed by atoms with Crippen LogP contribution in [-0.2, 0) is 0 Å². The molecule has 10 aromatic carbocycles. The predicted molar refractivity (Wildman–Crippen MR) is 242 cm³/mol. The van der Waals surface area contributed by atoms with Crippen molar-refractivity contribution in [1.29, 1.82) is 0 Å². The van der Waals surface area contributed by atoms with Crippen LogP contribution in [0.5, 0.6) is 0 Å². The number of hydrogen-bond acceptors (Lipinski definition) is 4. The van der Waals surface area contributed by atoms with Gasteiger partial charge in [-0.05, 0) is 113 Å². The molecule has 0 saturated heterocycles. The Morgan fingerprint density at radius 2 is 0.643 bits per heavy atom. The van der Waals surface area contributed by atoms with Gasteiger partial charge in [-0.2, -0.15) is 0 Å². The Bertz CT molecular complexity index is 3220. The van der Waals surface area contributed by atoms with Crippen LogP contribution in [0.4, 0.5) is 0 Å². The maximum Gasteiger partial charge on any atom is 0.124 e. The van der Waals surface area contributed by atoms with E-state index in [4.69, 9.17) is 9.97 Å². The number of fused-ring (bicyclic) bond motifs is 9. The molecule has 0 atom stereocenters. The van der Waals surface area contributed by atoms with Crippen LogP contribution in [0.15, 0.2) is 182 Å². The summed E-state index contributed by atoms with van der Waals surface area (Å²) in [6.45, 7) is 0. The minimum absolute atomic E-state index is 1.03. The van der Waals surface area contributed by atoms with Gasteiger partial charge in [-0.3, -0.25) is 0 Å². The molecule has 12 rings (SSSR count). The summed E-state index contributed by atoms with van der Waals surface area (Å²) in [6.07, 6.45) is 0. The molecule has 0 spiro atoms. The van der Waals surface area contributed by atoms with E-state index in [1.54, 1.807) is 22.7 Å². The number of rotatable bonds is 4. The lowest BCUT2D eigenvalue weighted by atomic mass is 9.97. The van der Waals surface area contributed by atoms with E-state index in [1.807, 2.05) is 0 Å². The monoisotopic (exact) mass is 746 g/mol. The zero-order chi connectivity index (χ0) is 36.7. The average Bonchev–Trinajstić information content (AvgIpc) is 3.88. The SMILES string of the molecule is c1ccc2c(c1)ccc1cc(-c3ccc(-c4nc5cc6cc7sc(-c8ccc(-c9ccc%10c(ccc%11ccccc%11%10)c9)cc8)nc7cc6cc5s4)cc3)ccc12. The van der Waals surface area contributed by atoms with Gasteiger partial charge in [0, 0.05) is 11.1 Å². The minimum Gasteiger partial charge on any atom is -0.236 e. The Hall–Kier alpha value is -6.72. The first-order valence-corrected chi connectivity index (χ1v) is 20.5. The van der Waals surface area contributed by atoms with Gasteiger partial charge in [0.25, 0.3) is 0 Å². The smallest absolute Gasteiger partial charge is 0.124 e. The van der Waals surface area contributed by atoms with Gasteiger partial charge in [-0.1, -0.05) is 146 Å². The van der Waals surface area contributed by atoms with Crippen molar-refractivity contribution in [2.45, 2.75) is 0 Å². The largest absolute Gasteiger partial charge is 0.236 e. The molecular weight excluding hydrogens is 717 g/mol. The maximum atomic E-state index is 5.11. The molecule has 0 unspecified atom stereocenters. The third-order valence-electron chi connectivity index (χ3n) is 11.3. The second-order valence-corrected chi connectivity index (χ2v) is 16.7. The Morgan fingerprint density at radius 1 is 0.268 bits per heavy atom. The van der Waals surface area contributed by atoms with Crippen LogP contribution < -0.4 is 0 Å². The molecule has 0 aliphatic carbocycles. The highest BCUT2D eigenvalue weighted by atomic mass is 32.1. The van der Waals surface area contributed by atoms with Crippen LogP contribution in [0, 0.1) is 0 Å². The molecule has 0 amide bonds. The molecule has 260 valence electrons. The van der Waals surface area contributed by atoms with Crippen molar-refractivity contribution in [2.75, 3.05) is 0 Å². The molecule has 2 nitrogen and oxygen atoms in total. The summed E-state index contributed by atoms with van der Waals surface area (Å²) >= 11 is 3.50. The third-order valence-corrected chi connectivity index (χ3v) is 13.4. The van der Waals surface area contributed by atoms with Gasteiger partial charge in [-0.15, -0.1) is 22.7 Å². The summed E-state index contributed by atoms with van der Waals surface area (Å²) in [5.74, 6) is 0. The normalized spacial score (nSPS) is 11.9. The number of benzene rings is 10. The first-order valence-electron chi connectivity index (χ1n) is 18.9. The minimum atomic E-state index is 1.03. The van der Waals surface area contributed by atoms with Gasteiger partial charge in [0.1, 0.15) is 10.0 Å². The molecule has 2 heterocycles. The Morgan fingerprint density at radius 3 is 1.11 bits per heavy atom. The molecular formula is C52H30N2S2. The molecule has 0 aliphatic rings. The third kappa shape index (κ3) is 5.22. The van der Waals surface area contributed by atoms with Crippen LogP contribution in [-0.4, -0.2) is 9.97 Å². The zero-order valence-corrected chi connectivity index (χ0v) is 31.7. The lowest BCUT2D eigenvalue weighted by Crippen LogP contribution is -1.82. The van der Waals surface area contributed by atoms with Crippen molar-refractivity contribution in [1.82, 2.24) is 9.97 Å². The molecule has 0 aliphatic heterocycles. The fourth-order valence-corrected chi connectivity index (χ4v) is 10.3. The summed E-state index contributed by atoms with van der Waals surface area (Å²) in [5.41, 5.74) is 9.19. The van der Waals surface area contributed by atoms with Crippen molar-refractivity contribution in [2.24, 2.45) is 0 Å². The summed E-state index contributed by atoms with van der Waals surface area (Å²) in [4.78, 5) is 10.2. The molecule has 56 heavy (non-hydrogen) atoms. The Kier molecular flexibility index (Phi) is 7.00. The number of hydrogen-bond donors (Lipinski definition) is 0. The second-order valence-electron chi connectivity index (χ2n) is 14.6. The molecule has 12 aromatic rings. The maximum absolute atomic E-state index is 5.11. The summed E-state index contributed by atoms with van der Waals surface area (Å²) < 4.78 is 2.37. The fraction of sp³-hybridized carbons (Fsp3) is 0. The summed E-state index contributed by atoms with van der Waals surface area (Å²) in [6, 6.07) is 66.4. The lowest BCUT2D eigenvalue weighted by Gasteiger charge is -2.08. The van der Waals surface area contributed by atoms with Gasteiger partial charge < -0.3 is 0 Å². The first kappa shape index (κ1) is 31.6. The molecule has 0 N–H and O–H groups in total. The number of aromatic nitrogens is 2. The molecule has 2 aromatic heterocycles. The van der Waals surface area contributed by atoms with Crippen molar-refractivity contribution in [3.05, 3.63) is 182 Å². The van der Waals surface area contributed by atoms with Gasteiger partial charge in [0.05, 0.1) is 20.4 Å². The van der Waals surface area contributed by atoms with E-state index in [2.05, 4.69) is 182 Å². The zero-order valence-electron chi connectivity index (χ0n) is 30.0. The molecule has 0 bridgehead atoms. The van der Waals surface area contributed by atoms with Crippen LogP contribution in [0.2, 0.25) is 0 Å².